The number of hydrogen-bond acceptors (Lipinski definition) is 7. The van der Waals surface area contributed by atoms with Crippen LogP contribution in [-0.4, -0.2) is 47.3 Å². The summed E-state index contributed by atoms with van der Waals surface area (Å²) in [7, 11) is 3.11. The fourth-order valence-electron chi connectivity index (χ4n) is 4.25. The number of hydrogen-bond donors (Lipinski definition) is 1. The highest BCUT2D eigenvalue weighted by Gasteiger charge is 2.20. The molecular weight excluding hydrogens is 625 g/mol. The minimum Gasteiger partial charge on any atom is -0.496 e. The number of aromatic nitrogens is 2. The number of carboxylic acids is 1. The van der Waals surface area contributed by atoms with Crippen LogP contribution in [0.15, 0.2) is 58.4 Å². The van der Waals surface area contributed by atoms with E-state index in [1.807, 2.05) is 47.7 Å². The van der Waals surface area contributed by atoms with E-state index in [9.17, 15) is 14.7 Å². The topological polar surface area (TPSA) is 112 Å². The van der Waals surface area contributed by atoms with Gasteiger partial charge in [-0.3, -0.25) is 4.79 Å². The van der Waals surface area contributed by atoms with Crippen molar-refractivity contribution in [1.29, 1.82) is 0 Å². The lowest BCUT2D eigenvalue weighted by atomic mass is 9.96. The van der Waals surface area contributed by atoms with Gasteiger partial charge in [0.15, 0.2) is 23.4 Å². The van der Waals surface area contributed by atoms with Gasteiger partial charge < -0.3 is 19.3 Å². The zero-order valence-electron chi connectivity index (χ0n) is 23.1. The number of carbonyl (C=O) groups is 1. The second-order valence-electron chi connectivity index (χ2n) is 9.51. The minimum absolute atomic E-state index is 0.178. The molecule has 1 atom stereocenters. The average Bonchev–Trinajstić information content (AvgIpc) is 2.93. The summed E-state index contributed by atoms with van der Waals surface area (Å²) in [5.41, 5.74) is 3.53. The summed E-state index contributed by atoms with van der Waals surface area (Å²) in [5, 5.41) is 14.3. The summed E-state index contributed by atoms with van der Waals surface area (Å²) in [6, 6.07) is 14.6. The maximum absolute atomic E-state index is 13.7. The van der Waals surface area contributed by atoms with Crippen molar-refractivity contribution in [3.63, 3.8) is 0 Å². The Hall–Kier alpha value is -3.93. The summed E-state index contributed by atoms with van der Waals surface area (Å²) in [4.78, 5) is 29.9. The van der Waals surface area contributed by atoms with E-state index >= 15 is 0 Å². The Morgan fingerprint density at radius 1 is 1.07 bits per heavy atom. The number of ether oxygens (including phenoxy) is 3. The quantitative estimate of drug-likeness (QED) is 0.178. The molecule has 40 heavy (non-hydrogen) atoms. The highest BCUT2D eigenvalue weighted by Crippen LogP contribution is 2.35. The molecule has 9 nitrogen and oxygen atoms in total. The molecule has 4 aromatic rings. The Labute approximate surface area is 245 Å². The lowest BCUT2D eigenvalue weighted by Crippen LogP contribution is -2.23. The number of aryl methyl sites for hydroxylation is 1. The fourth-order valence-corrected chi connectivity index (χ4v) is 5.01. The Morgan fingerprint density at radius 2 is 1.77 bits per heavy atom. The van der Waals surface area contributed by atoms with Gasteiger partial charge in [-0.2, -0.15) is 9.78 Å². The Bertz CT molecular complexity index is 1680. The van der Waals surface area contributed by atoms with Gasteiger partial charge in [0.25, 0.3) is 5.56 Å². The van der Waals surface area contributed by atoms with Crippen LogP contribution in [0.2, 0.25) is 0 Å². The number of benzene rings is 3. The molecule has 1 aromatic heterocycles. The van der Waals surface area contributed by atoms with Gasteiger partial charge in [0.05, 0.1) is 34.9 Å². The molecule has 0 saturated heterocycles. The number of methoxy groups -OCH3 is 2. The molecule has 0 unspecified atom stereocenters. The van der Waals surface area contributed by atoms with E-state index in [4.69, 9.17) is 19.2 Å². The summed E-state index contributed by atoms with van der Waals surface area (Å²) in [5.74, 6) is 0.925. The molecule has 0 fully saturated rings. The first-order valence-corrected chi connectivity index (χ1v) is 13.7. The summed E-state index contributed by atoms with van der Waals surface area (Å²) < 4.78 is 18.6. The second kappa shape index (κ2) is 12.1. The Morgan fingerprint density at radius 3 is 2.42 bits per heavy atom. The highest BCUT2D eigenvalue weighted by atomic mass is 127. The fraction of sp³-hybridized carbons (Fsp3) is 0.267. The van der Waals surface area contributed by atoms with Crippen molar-refractivity contribution in [2.24, 2.45) is 5.10 Å². The van der Waals surface area contributed by atoms with Crippen molar-refractivity contribution in [3.8, 4) is 28.6 Å². The van der Waals surface area contributed by atoms with Gasteiger partial charge in [0.1, 0.15) is 5.75 Å². The molecule has 0 amide bonds. The highest BCUT2D eigenvalue weighted by molar-refractivity contribution is 14.1. The molecule has 1 N–H and O–H groups in total. The third-order valence-corrected chi connectivity index (χ3v) is 7.21. The van der Waals surface area contributed by atoms with Gasteiger partial charge in [-0.1, -0.05) is 26.0 Å². The summed E-state index contributed by atoms with van der Waals surface area (Å²) >= 11 is 2.05. The van der Waals surface area contributed by atoms with Gasteiger partial charge in [-0.15, -0.1) is 0 Å². The number of rotatable bonds is 9. The Balaban J connectivity index is 1.90. The third-order valence-electron chi connectivity index (χ3n) is 6.41. The van der Waals surface area contributed by atoms with E-state index in [1.165, 1.54) is 18.7 Å². The van der Waals surface area contributed by atoms with Crippen LogP contribution >= 0.6 is 22.6 Å². The largest absolute Gasteiger partial charge is 0.496 e. The van der Waals surface area contributed by atoms with Crippen LogP contribution in [0.3, 0.4) is 0 Å². The van der Waals surface area contributed by atoms with Crippen LogP contribution < -0.4 is 19.8 Å². The molecule has 4 rings (SSSR count). The van der Waals surface area contributed by atoms with Crippen molar-refractivity contribution >= 4 is 45.7 Å². The minimum atomic E-state index is -1.09. The van der Waals surface area contributed by atoms with E-state index in [0.29, 0.717) is 37.4 Å². The monoisotopic (exact) mass is 655 g/mol. The van der Waals surface area contributed by atoms with Crippen molar-refractivity contribution < 1.29 is 24.1 Å². The predicted octanol–water partition coefficient (Wildman–Crippen LogP) is 5.85. The van der Waals surface area contributed by atoms with Gasteiger partial charge in [0.2, 0.25) is 0 Å². The van der Waals surface area contributed by atoms with E-state index in [-0.39, 0.29) is 11.5 Å². The molecule has 0 aliphatic heterocycles. The second-order valence-corrected chi connectivity index (χ2v) is 10.7. The molecule has 0 spiro atoms. The number of para-hydroxylation sites is 1. The zero-order chi connectivity index (χ0) is 29.1. The van der Waals surface area contributed by atoms with Crippen molar-refractivity contribution in [1.82, 2.24) is 9.66 Å². The molecule has 208 valence electrons. The van der Waals surface area contributed by atoms with Gasteiger partial charge in [-0.25, -0.2) is 9.78 Å². The van der Waals surface area contributed by atoms with Crippen LogP contribution in [0, 0.1) is 10.5 Å². The van der Waals surface area contributed by atoms with Gasteiger partial charge in [-0.05, 0) is 95.4 Å². The number of aliphatic carboxylic acids is 1. The van der Waals surface area contributed by atoms with Crippen molar-refractivity contribution in [3.05, 3.63) is 79.1 Å². The molecule has 0 radical (unpaired) electrons. The van der Waals surface area contributed by atoms with E-state index in [1.54, 1.807) is 43.7 Å². The molecule has 0 aliphatic carbocycles. The number of carboxylic acid groups (broad SMARTS) is 1. The first-order chi connectivity index (χ1) is 19.0. The number of fused-ring (bicyclic) bond motifs is 1. The van der Waals surface area contributed by atoms with Crippen LogP contribution in [0.1, 0.15) is 43.4 Å². The number of nitrogens with zero attached hydrogens (tertiary/aromatic N) is 3. The average molecular weight is 655 g/mol. The normalized spacial score (nSPS) is 12.2. The molecule has 3 aromatic carbocycles. The van der Waals surface area contributed by atoms with Crippen LogP contribution in [0.25, 0.3) is 22.3 Å². The van der Waals surface area contributed by atoms with Crippen molar-refractivity contribution in [2.75, 3.05) is 14.2 Å². The molecule has 0 saturated carbocycles. The molecule has 0 bridgehead atoms. The third kappa shape index (κ3) is 5.81. The summed E-state index contributed by atoms with van der Waals surface area (Å²) in [6.07, 6.45) is 0.480. The molecule has 1 heterocycles. The van der Waals surface area contributed by atoms with E-state index in [2.05, 4.69) is 18.9 Å². The molecule has 0 aliphatic rings. The lowest BCUT2D eigenvalue weighted by Gasteiger charge is -2.17. The first-order valence-electron chi connectivity index (χ1n) is 12.6. The van der Waals surface area contributed by atoms with Gasteiger partial charge in [0, 0.05) is 5.56 Å². The van der Waals surface area contributed by atoms with E-state index in [0.717, 1.165) is 22.4 Å². The predicted molar refractivity (Wildman–Crippen MR) is 163 cm³/mol. The maximum atomic E-state index is 13.7. The van der Waals surface area contributed by atoms with Gasteiger partial charge >= 0.3 is 5.97 Å². The molecular formula is C30H30IN3O6. The standard InChI is InChI=1S/C30H30IN3O6/c1-16(2)21-14-22(17(3)11-25(21)38-5)28-33-24-10-8-7-9-20(24)29(35)34(28)32-15-19-12-23(31)27(26(13-19)39-6)40-18(4)30(36)37/h7-16,18H,1-6H3,(H,36,37)/t18-/m0/s1. The number of halogens is 1. The smallest absolute Gasteiger partial charge is 0.344 e. The zero-order valence-corrected chi connectivity index (χ0v) is 25.2. The van der Waals surface area contributed by atoms with E-state index < -0.39 is 12.1 Å². The van der Waals surface area contributed by atoms with Crippen LogP contribution in [-0.2, 0) is 4.79 Å². The maximum Gasteiger partial charge on any atom is 0.344 e. The lowest BCUT2D eigenvalue weighted by molar-refractivity contribution is -0.144. The Kier molecular flexibility index (Phi) is 8.77. The first kappa shape index (κ1) is 29.1. The van der Waals surface area contributed by atoms with Crippen LogP contribution in [0.5, 0.6) is 17.2 Å². The summed E-state index contributed by atoms with van der Waals surface area (Å²) in [6.45, 7) is 7.55. The SMILES string of the molecule is COc1cc(C)c(-c2nc3ccccc3c(=O)n2N=Cc2cc(I)c(O[C@@H](C)C(=O)O)c(OC)c2)cc1C(C)C. The van der Waals surface area contributed by atoms with Crippen LogP contribution in [0.4, 0.5) is 0 Å². The van der Waals surface area contributed by atoms with Crippen molar-refractivity contribution in [2.45, 2.75) is 39.7 Å². The molecule has 10 heteroatoms.